The van der Waals surface area contributed by atoms with Gasteiger partial charge in [0.25, 0.3) is 11.8 Å². The number of carbonyl (C=O) groups excluding carboxylic acids is 7. The summed E-state index contributed by atoms with van der Waals surface area (Å²) in [6.45, 7) is 15.6. The van der Waals surface area contributed by atoms with E-state index in [1.807, 2.05) is 34.6 Å². The first-order chi connectivity index (χ1) is 24.9. The number of ether oxygens (including phenoxy) is 1. The van der Waals surface area contributed by atoms with Crippen LogP contribution in [0.5, 0.6) is 0 Å². The van der Waals surface area contributed by atoms with Gasteiger partial charge in [0.2, 0.25) is 23.6 Å². The van der Waals surface area contributed by atoms with E-state index in [9.17, 15) is 38.0 Å². The Bertz CT molecular complexity index is 1620. The van der Waals surface area contributed by atoms with Gasteiger partial charge >= 0.3 is 5.97 Å². The van der Waals surface area contributed by atoms with Crippen LogP contribution < -0.4 is 21.3 Å². The van der Waals surface area contributed by atoms with E-state index >= 15 is 0 Å². The van der Waals surface area contributed by atoms with Crippen LogP contribution >= 0.6 is 0 Å². The highest BCUT2D eigenvalue weighted by molar-refractivity contribution is 6.12. The van der Waals surface area contributed by atoms with E-state index in [-0.39, 0.29) is 38.0 Å². The smallest absolute Gasteiger partial charge is 0.329 e. The lowest BCUT2D eigenvalue weighted by Crippen LogP contribution is -2.60. The fourth-order valence-corrected chi connectivity index (χ4v) is 5.64. The monoisotopic (exact) mass is 756 g/mol. The summed E-state index contributed by atoms with van der Waals surface area (Å²) in [5, 5.41) is 11.1. The van der Waals surface area contributed by atoms with Crippen LogP contribution in [0.25, 0.3) is 0 Å². The van der Waals surface area contributed by atoms with Crippen molar-refractivity contribution in [3.8, 4) is 0 Å². The Morgan fingerprint density at radius 2 is 1.56 bits per heavy atom. The molecule has 1 heterocycles. The maximum atomic E-state index is 14.1. The molecule has 0 saturated carbocycles. The second kappa shape index (κ2) is 18.9. The Kier molecular flexibility index (Phi) is 15.8. The Morgan fingerprint density at radius 3 is 2.09 bits per heavy atom. The molecule has 0 aromatic heterocycles. The van der Waals surface area contributed by atoms with Crippen molar-refractivity contribution >= 4 is 41.4 Å². The fourth-order valence-electron chi connectivity index (χ4n) is 5.64. The number of imide groups is 1. The minimum Gasteiger partial charge on any atom is -0.458 e. The number of hydrogen-bond donors (Lipinski definition) is 4. The maximum Gasteiger partial charge on any atom is 0.329 e. The lowest BCUT2D eigenvalue weighted by atomic mass is 9.76. The van der Waals surface area contributed by atoms with Gasteiger partial charge in [-0.2, -0.15) is 0 Å². The normalized spacial score (nSPS) is 15.3. The van der Waals surface area contributed by atoms with Gasteiger partial charge in [-0.05, 0) is 64.3 Å². The fraction of sp³-hybridized carbons (Fsp3) is 0.564. The van der Waals surface area contributed by atoms with Crippen molar-refractivity contribution in [2.45, 2.75) is 104 Å². The van der Waals surface area contributed by atoms with Crippen molar-refractivity contribution < 1.29 is 42.7 Å². The molecule has 298 valence electrons. The summed E-state index contributed by atoms with van der Waals surface area (Å²) in [6.07, 6.45) is 3.53. The van der Waals surface area contributed by atoms with E-state index < -0.39 is 81.8 Å². The van der Waals surface area contributed by atoms with Crippen LogP contribution in [0.1, 0.15) is 80.7 Å². The summed E-state index contributed by atoms with van der Waals surface area (Å²) in [5.41, 5.74) is -1.65. The average Bonchev–Trinajstić information content (AvgIpc) is 3.38. The van der Waals surface area contributed by atoms with Crippen LogP contribution in [0.2, 0.25) is 0 Å². The number of likely N-dealkylation sites (N-methyl/N-ethyl adjacent to an activating group) is 2. The highest BCUT2D eigenvalue weighted by Gasteiger charge is 2.41. The number of esters is 1. The molecule has 0 bridgehead atoms. The summed E-state index contributed by atoms with van der Waals surface area (Å²) < 4.78 is 19.5. The molecule has 2 rings (SSSR count). The largest absolute Gasteiger partial charge is 0.458 e. The van der Waals surface area contributed by atoms with Crippen LogP contribution in [-0.4, -0.2) is 109 Å². The summed E-state index contributed by atoms with van der Waals surface area (Å²) in [4.78, 5) is 92.1. The van der Waals surface area contributed by atoms with Crippen molar-refractivity contribution in [1.82, 2.24) is 31.1 Å². The molecule has 1 aliphatic rings. The lowest BCUT2D eigenvalue weighted by Gasteiger charge is -2.38. The topological polar surface area (TPSA) is 183 Å². The number of benzene rings is 1. The van der Waals surface area contributed by atoms with Gasteiger partial charge < -0.3 is 30.9 Å². The van der Waals surface area contributed by atoms with Gasteiger partial charge in [-0.3, -0.25) is 33.7 Å². The molecular formula is C39H57FN6O8. The zero-order chi connectivity index (χ0) is 41.2. The van der Waals surface area contributed by atoms with E-state index in [4.69, 9.17) is 4.74 Å². The number of hydrogen-bond acceptors (Lipinski definition) is 9. The number of amides is 6. The molecule has 14 nitrogen and oxygen atoms in total. The zero-order valence-electron chi connectivity index (χ0n) is 33.3. The van der Waals surface area contributed by atoms with Crippen molar-refractivity contribution in [3.63, 3.8) is 0 Å². The Morgan fingerprint density at radius 1 is 0.944 bits per heavy atom. The number of rotatable bonds is 17. The zero-order valence-corrected chi connectivity index (χ0v) is 33.3. The Labute approximate surface area is 317 Å². The van der Waals surface area contributed by atoms with Gasteiger partial charge in [0.1, 0.15) is 23.5 Å². The van der Waals surface area contributed by atoms with E-state index in [2.05, 4.69) is 21.3 Å². The van der Waals surface area contributed by atoms with Crippen LogP contribution in [0.3, 0.4) is 0 Å². The predicted molar refractivity (Wildman–Crippen MR) is 201 cm³/mol. The first kappa shape index (κ1) is 45.2. The molecule has 0 saturated heterocycles. The Balaban J connectivity index is 2.11. The van der Waals surface area contributed by atoms with Crippen molar-refractivity contribution in [2.75, 3.05) is 33.7 Å². The highest BCUT2D eigenvalue weighted by atomic mass is 19.1. The second-order valence-corrected chi connectivity index (χ2v) is 16.0. The molecular weight excluding hydrogens is 699 g/mol. The van der Waals surface area contributed by atoms with Gasteiger partial charge in [0, 0.05) is 56.2 Å². The van der Waals surface area contributed by atoms with Gasteiger partial charge in [-0.1, -0.05) is 52.8 Å². The summed E-state index contributed by atoms with van der Waals surface area (Å²) >= 11 is 0. The second-order valence-electron chi connectivity index (χ2n) is 16.0. The van der Waals surface area contributed by atoms with E-state index in [1.54, 1.807) is 40.0 Å². The minimum absolute atomic E-state index is 0.0121. The maximum absolute atomic E-state index is 14.1. The van der Waals surface area contributed by atoms with Crippen molar-refractivity contribution in [2.24, 2.45) is 5.41 Å². The van der Waals surface area contributed by atoms with Crippen LogP contribution in [0.4, 0.5) is 4.39 Å². The molecule has 1 aromatic rings. The number of nitrogens with zero attached hydrogens (tertiary/aromatic N) is 2. The molecule has 0 fully saturated rings. The highest BCUT2D eigenvalue weighted by Crippen LogP contribution is 2.29. The minimum atomic E-state index is -1.19. The summed E-state index contributed by atoms with van der Waals surface area (Å²) in [7, 11) is 3.16. The van der Waals surface area contributed by atoms with E-state index in [1.165, 1.54) is 37.1 Å². The van der Waals surface area contributed by atoms with Gasteiger partial charge in [0.15, 0.2) is 0 Å². The molecule has 0 aliphatic carbocycles. The summed E-state index contributed by atoms with van der Waals surface area (Å²) in [5.74, 6) is -4.05. The standard InChI is InChI=1S/C39H57FN6O8/c1-24(33(50)43-27(36(53)54-38(5,6)7)15-16-28(47)42-20-22-46-29(48)17-18-30(46)49)19-21-45(11)35(52)32(37(2,3)4)44-34(51)31(41-10)39(8,9)25-13-12-14-26(40)23-25/h12-14,17-19,23,27,31-32,41H,15-16,20-22H2,1-11H3,(H,42,47)(H,43,50)(H,44,51)/b24-19+/t27-,31-,32?/m1/s1. The Hall–Kier alpha value is -4.92. The quantitative estimate of drug-likeness (QED) is 0.105. The van der Waals surface area contributed by atoms with Crippen LogP contribution in [0.15, 0.2) is 48.1 Å². The molecule has 15 heteroatoms. The molecule has 1 aromatic carbocycles. The molecule has 4 N–H and O–H groups in total. The lowest BCUT2D eigenvalue weighted by molar-refractivity contribution is -0.158. The number of halogens is 1. The summed E-state index contributed by atoms with van der Waals surface area (Å²) in [6, 6.07) is 3.05. The van der Waals surface area contributed by atoms with Crippen molar-refractivity contribution in [3.05, 3.63) is 59.4 Å². The van der Waals surface area contributed by atoms with Gasteiger partial charge in [-0.15, -0.1) is 0 Å². The average molecular weight is 757 g/mol. The first-order valence-electron chi connectivity index (χ1n) is 17.9. The van der Waals surface area contributed by atoms with Crippen LogP contribution in [-0.2, 0) is 43.7 Å². The van der Waals surface area contributed by atoms with Gasteiger partial charge in [-0.25, -0.2) is 9.18 Å². The molecule has 1 aliphatic heterocycles. The van der Waals surface area contributed by atoms with Gasteiger partial charge in [0.05, 0.1) is 6.04 Å². The molecule has 0 spiro atoms. The van der Waals surface area contributed by atoms with Crippen molar-refractivity contribution in [1.29, 1.82) is 0 Å². The SMILES string of the molecule is CN[C@H](C(=O)NC(C(=O)N(C)C/C=C(\C)C(=O)N[C@H](CCC(=O)NCCN1C(=O)C=CC1=O)C(=O)OC(C)(C)C)C(C)(C)C)C(C)(C)c1cccc(F)c1. The van der Waals surface area contributed by atoms with E-state index in [0.29, 0.717) is 5.56 Å². The molecule has 1 unspecified atom stereocenters. The molecule has 0 radical (unpaired) electrons. The molecule has 54 heavy (non-hydrogen) atoms. The third-order valence-corrected chi connectivity index (χ3v) is 8.86. The van der Waals surface area contributed by atoms with Crippen LogP contribution in [0, 0.1) is 11.2 Å². The third kappa shape index (κ3) is 13.2. The molecule has 6 amide bonds. The third-order valence-electron chi connectivity index (χ3n) is 8.86. The first-order valence-corrected chi connectivity index (χ1v) is 17.9. The number of carbonyl (C=O) groups is 7. The predicted octanol–water partition coefficient (Wildman–Crippen LogP) is 2.27. The van der Waals surface area contributed by atoms with E-state index in [0.717, 1.165) is 17.1 Å². The molecule has 3 atom stereocenters. The number of nitrogens with one attached hydrogen (secondary N) is 4.